The average molecular weight is 290 g/mol. The van der Waals surface area contributed by atoms with Crippen LogP contribution in [0.25, 0.3) is 0 Å². The molecule has 1 atom stereocenters. The van der Waals surface area contributed by atoms with Crippen molar-refractivity contribution in [2.45, 2.75) is 12.5 Å². The minimum atomic E-state index is -2.04. The first-order valence-electron chi connectivity index (χ1n) is 5.47. The standard InChI is InChI=1S/C11H10F4N4O/c1-11(9(20)17-10(18-11)19(2)3)4-5(12)7(14)16-8(15)6(4)13/h1-3H3,(H,17,18,20). The number of carbonyl (C=O) groups excluding carboxylic acids is 1. The van der Waals surface area contributed by atoms with E-state index in [2.05, 4.69) is 15.3 Å². The fraction of sp³-hybridized carbons (Fsp3) is 0.364. The highest BCUT2D eigenvalue weighted by atomic mass is 19.2. The number of rotatable bonds is 1. The zero-order valence-electron chi connectivity index (χ0n) is 10.8. The van der Waals surface area contributed by atoms with Crippen molar-refractivity contribution in [1.29, 1.82) is 0 Å². The fourth-order valence-electron chi connectivity index (χ4n) is 1.82. The zero-order valence-corrected chi connectivity index (χ0v) is 10.8. The molecule has 0 saturated carbocycles. The second-order valence-electron chi connectivity index (χ2n) is 4.58. The van der Waals surface area contributed by atoms with Gasteiger partial charge in [-0.2, -0.15) is 18.8 Å². The van der Waals surface area contributed by atoms with Crippen molar-refractivity contribution in [3.63, 3.8) is 0 Å². The van der Waals surface area contributed by atoms with Crippen LogP contribution in [-0.4, -0.2) is 35.8 Å². The van der Waals surface area contributed by atoms with Crippen LogP contribution in [0.5, 0.6) is 0 Å². The summed E-state index contributed by atoms with van der Waals surface area (Å²) in [6.07, 6.45) is 0. The van der Waals surface area contributed by atoms with Gasteiger partial charge in [0, 0.05) is 14.1 Å². The highest BCUT2D eigenvalue weighted by Crippen LogP contribution is 2.32. The molecule has 0 spiro atoms. The summed E-state index contributed by atoms with van der Waals surface area (Å²) in [5.74, 6) is -8.07. The van der Waals surface area contributed by atoms with Crippen LogP contribution in [-0.2, 0) is 10.3 Å². The Morgan fingerprint density at radius 3 is 2.00 bits per heavy atom. The number of aromatic nitrogens is 1. The Bertz CT molecular complexity index is 605. The van der Waals surface area contributed by atoms with Gasteiger partial charge in [0.15, 0.2) is 17.2 Å². The topological polar surface area (TPSA) is 57.6 Å². The summed E-state index contributed by atoms with van der Waals surface area (Å²) in [4.78, 5) is 19.2. The SMILES string of the molecule is CN(C)C1=NC(=O)C(C)(c2c(F)c(F)nc(F)c2F)N1. The van der Waals surface area contributed by atoms with E-state index < -0.39 is 40.5 Å². The molecule has 1 aromatic rings. The molecule has 0 radical (unpaired) electrons. The van der Waals surface area contributed by atoms with Crippen LogP contribution in [0.15, 0.2) is 4.99 Å². The Labute approximate surface area is 111 Å². The molecule has 0 fully saturated rings. The van der Waals surface area contributed by atoms with E-state index in [0.29, 0.717) is 0 Å². The summed E-state index contributed by atoms with van der Waals surface area (Å²) < 4.78 is 53.8. The summed E-state index contributed by atoms with van der Waals surface area (Å²) in [5, 5.41) is 2.45. The van der Waals surface area contributed by atoms with Crippen LogP contribution < -0.4 is 5.32 Å². The maximum absolute atomic E-state index is 13.7. The predicted molar refractivity (Wildman–Crippen MR) is 60.7 cm³/mol. The first-order chi connectivity index (χ1) is 9.18. The van der Waals surface area contributed by atoms with Gasteiger partial charge in [-0.3, -0.25) is 4.79 Å². The van der Waals surface area contributed by atoms with E-state index in [4.69, 9.17) is 0 Å². The molecule has 0 saturated heterocycles. The van der Waals surface area contributed by atoms with Gasteiger partial charge in [-0.25, -0.2) is 8.78 Å². The molecule has 1 unspecified atom stereocenters. The largest absolute Gasteiger partial charge is 0.349 e. The van der Waals surface area contributed by atoms with Crippen LogP contribution in [0.2, 0.25) is 0 Å². The molecule has 2 rings (SSSR count). The van der Waals surface area contributed by atoms with Crippen molar-refractivity contribution in [2.75, 3.05) is 14.1 Å². The van der Waals surface area contributed by atoms with E-state index in [1.165, 1.54) is 19.0 Å². The van der Waals surface area contributed by atoms with Crippen LogP contribution in [0, 0.1) is 23.5 Å². The molecular weight excluding hydrogens is 280 g/mol. The lowest BCUT2D eigenvalue weighted by molar-refractivity contribution is -0.122. The highest BCUT2D eigenvalue weighted by Gasteiger charge is 2.47. The van der Waals surface area contributed by atoms with Gasteiger partial charge >= 0.3 is 0 Å². The molecule has 0 aliphatic carbocycles. The Balaban J connectivity index is 2.61. The van der Waals surface area contributed by atoms with Crippen molar-refractivity contribution < 1.29 is 22.4 Å². The maximum atomic E-state index is 13.7. The predicted octanol–water partition coefficient (Wildman–Crippen LogP) is 0.901. The molecule has 2 heterocycles. The molecule has 1 aliphatic rings. The zero-order chi connectivity index (χ0) is 15.2. The third-order valence-electron chi connectivity index (χ3n) is 2.92. The van der Waals surface area contributed by atoms with Gasteiger partial charge in [0.05, 0.1) is 5.56 Å². The third-order valence-corrected chi connectivity index (χ3v) is 2.92. The monoisotopic (exact) mass is 290 g/mol. The summed E-state index contributed by atoms with van der Waals surface area (Å²) in [5.41, 5.74) is -3.13. The molecule has 20 heavy (non-hydrogen) atoms. The van der Waals surface area contributed by atoms with E-state index in [0.717, 1.165) is 6.92 Å². The number of nitrogens with zero attached hydrogens (tertiary/aromatic N) is 3. The molecule has 108 valence electrons. The smallest absolute Gasteiger partial charge is 0.279 e. The molecule has 5 nitrogen and oxygen atoms in total. The van der Waals surface area contributed by atoms with E-state index in [-0.39, 0.29) is 5.96 Å². The Morgan fingerprint density at radius 1 is 1.10 bits per heavy atom. The normalized spacial score (nSPS) is 21.8. The van der Waals surface area contributed by atoms with Crippen molar-refractivity contribution in [3.8, 4) is 0 Å². The molecule has 1 aliphatic heterocycles. The summed E-state index contributed by atoms with van der Waals surface area (Å²) >= 11 is 0. The Kier molecular flexibility index (Phi) is 3.15. The van der Waals surface area contributed by atoms with Crippen molar-refractivity contribution >= 4 is 11.9 Å². The number of carbonyl (C=O) groups is 1. The van der Waals surface area contributed by atoms with Crippen LogP contribution in [0.1, 0.15) is 12.5 Å². The van der Waals surface area contributed by atoms with Gasteiger partial charge in [-0.15, -0.1) is 0 Å². The van der Waals surface area contributed by atoms with Crippen molar-refractivity contribution in [1.82, 2.24) is 15.2 Å². The lowest BCUT2D eigenvalue weighted by Crippen LogP contribution is -2.47. The third kappa shape index (κ3) is 1.89. The van der Waals surface area contributed by atoms with E-state index in [1.54, 1.807) is 0 Å². The highest BCUT2D eigenvalue weighted by molar-refractivity contribution is 6.05. The molecule has 1 N–H and O–H groups in total. The fourth-order valence-corrected chi connectivity index (χ4v) is 1.82. The number of aliphatic imine (C=N–C) groups is 1. The average Bonchev–Trinajstić information content (AvgIpc) is 2.65. The van der Waals surface area contributed by atoms with E-state index in [1.807, 2.05) is 0 Å². The summed E-state index contributed by atoms with van der Waals surface area (Å²) in [6.45, 7) is 1.08. The van der Waals surface area contributed by atoms with Gasteiger partial charge in [-0.1, -0.05) is 0 Å². The molecular formula is C11H10F4N4O. The number of amides is 1. The maximum Gasteiger partial charge on any atom is 0.279 e. The van der Waals surface area contributed by atoms with Gasteiger partial charge in [0.1, 0.15) is 0 Å². The number of halogens is 4. The Hall–Kier alpha value is -2.19. The lowest BCUT2D eigenvalue weighted by atomic mass is 9.92. The number of guanidine groups is 1. The number of hydrogen-bond donors (Lipinski definition) is 1. The first kappa shape index (κ1) is 14.2. The minimum Gasteiger partial charge on any atom is -0.349 e. The lowest BCUT2D eigenvalue weighted by Gasteiger charge is -2.25. The minimum absolute atomic E-state index is 0.0222. The number of hydrogen-bond acceptors (Lipinski definition) is 4. The van der Waals surface area contributed by atoms with E-state index in [9.17, 15) is 22.4 Å². The van der Waals surface area contributed by atoms with Gasteiger partial charge in [-0.05, 0) is 6.92 Å². The van der Waals surface area contributed by atoms with E-state index >= 15 is 0 Å². The molecule has 1 aromatic heterocycles. The Morgan fingerprint density at radius 2 is 1.60 bits per heavy atom. The second kappa shape index (κ2) is 4.43. The van der Waals surface area contributed by atoms with Crippen LogP contribution in [0.4, 0.5) is 17.6 Å². The molecule has 9 heteroatoms. The van der Waals surface area contributed by atoms with Gasteiger partial charge in [0.25, 0.3) is 17.8 Å². The van der Waals surface area contributed by atoms with Crippen LogP contribution >= 0.6 is 0 Å². The number of nitrogens with one attached hydrogen (secondary N) is 1. The van der Waals surface area contributed by atoms with Crippen molar-refractivity contribution in [2.24, 2.45) is 4.99 Å². The van der Waals surface area contributed by atoms with Gasteiger partial charge in [0.2, 0.25) is 5.96 Å². The van der Waals surface area contributed by atoms with Crippen LogP contribution in [0.3, 0.4) is 0 Å². The molecule has 1 amide bonds. The molecule has 0 aromatic carbocycles. The summed E-state index contributed by atoms with van der Waals surface area (Å²) in [6, 6.07) is 0. The quantitative estimate of drug-likeness (QED) is 0.617. The van der Waals surface area contributed by atoms with Crippen molar-refractivity contribution in [3.05, 3.63) is 29.1 Å². The summed E-state index contributed by atoms with van der Waals surface area (Å²) in [7, 11) is 3.07. The number of pyridine rings is 1. The first-order valence-corrected chi connectivity index (χ1v) is 5.47. The molecule has 0 bridgehead atoms. The second-order valence-corrected chi connectivity index (χ2v) is 4.58. The van der Waals surface area contributed by atoms with Gasteiger partial charge < -0.3 is 10.2 Å².